The Morgan fingerprint density at radius 2 is 1.05 bits per heavy atom. The molecule has 37 heavy (non-hydrogen) atoms. The number of carboxylic acid groups (broad SMARTS) is 1. The molecule has 0 spiro atoms. The molecular weight excluding hydrogens is 488 g/mol. The van der Waals surface area contributed by atoms with Crippen LogP contribution in [0, 0.1) is 0 Å². The van der Waals surface area contributed by atoms with Crippen molar-refractivity contribution < 1.29 is 44.7 Å². The van der Waals surface area contributed by atoms with Crippen LogP contribution in [0.15, 0.2) is 48.5 Å². The first-order valence-corrected chi connectivity index (χ1v) is 11.2. The number of benzene rings is 2. The van der Waals surface area contributed by atoms with E-state index in [2.05, 4.69) is 16.0 Å². The Kier molecular flexibility index (Phi) is 10.8. The number of carbonyl (C=O) groups excluding carboxylic acids is 3. The molecule has 10 N–H and O–H groups in total. The molecule has 0 saturated carbocycles. The zero-order valence-electron chi connectivity index (χ0n) is 19.7. The standard InChI is InChI=1S/C24H30N4O9/c25-17(11-29)21(33)26-18(9-13-1-5-15(31)6-2-13)22(34)28-20(12-30)23(35)27-19(24(36)37)10-14-3-7-16(32)8-4-14/h1-8,17-20,29-32H,9-12,25H2,(H,26,33)(H,27,35)(H,28,34)(H,36,37). The largest absolute Gasteiger partial charge is 0.508 e. The maximum atomic E-state index is 13.0. The van der Waals surface area contributed by atoms with E-state index >= 15 is 0 Å². The maximum absolute atomic E-state index is 13.0. The predicted molar refractivity (Wildman–Crippen MR) is 129 cm³/mol. The normalized spacial score (nSPS) is 14.0. The van der Waals surface area contributed by atoms with Crippen molar-refractivity contribution >= 4 is 23.7 Å². The summed E-state index contributed by atoms with van der Waals surface area (Å²) in [5, 5.41) is 54.1. The van der Waals surface area contributed by atoms with Gasteiger partial charge in [0.1, 0.15) is 35.7 Å². The van der Waals surface area contributed by atoms with Crippen LogP contribution in [0.3, 0.4) is 0 Å². The van der Waals surface area contributed by atoms with Crippen LogP contribution >= 0.6 is 0 Å². The van der Waals surface area contributed by atoms with Gasteiger partial charge in [-0.2, -0.15) is 0 Å². The first-order chi connectivity index (χ1) is 17.5. The number of aromatic hydroxyl groups is 2. The summed E-state index contributed by atoms with van der Waals surface area (Å²) < 4.78 is 0. The highest BCUT2D eigenvalue weighted by Gasteiger charge is 2.30. The van der Waals surface area contributed by atoms with Gasteiger partial charge < -0.3 is 47.2 Å². The molecule has 0 aromatic heterocycles. The average molecular weight is 519 g/mol. The summed E-state index contributed by atoms with van der Waals surface area (Å²) >= 11 is 0. The van der Waals surface area contributed by atoms with Gasteiger partial charge in [0.15, 0.2) is 0 Å². The van der Waals surface area contributed by atoms with Gasteiger partial charge in [-0.15, -0.1) is 0 Å². The first kappa shape index (κ1) is 29.0. The van der Waals surface area contributed by atoms with Crippen molar-refractivity contribution in [2.45, 2.75) is 37.0 Å². The molecule has 0 saturated heterocycles. The number of nitrogens with one attached hydrogen (secondary N) is 3. The fraction of sp³-hybridized carbons (Fsp3) is 0.333. The second kappa shape index (κ2) is 13.8. The Balaban J connectivity index is 2.13. The minimum Gasteiger partial charge on any atom is -0.508 e. The molecular formula is C24H30N4O9. The number of aliphatic hydroxyl groups is 2. The lowest BCUT2D eigenvalue weighted by atomic mass is 10.0. The summed E-state index contributed by atoms with van der Waals surface area (Å²) in [5.74, 6) is -4.11. The van der Waals surface area contributed by atoms with Gasteiger partial charge in [0, 0.05) is 12.8 Å². The third kappa shape index (κ3) is 9.07. The monoisotopic (exact) mass is 518 g/mol. The molecule has 4 unspecified atom stereocenters. The zero-order chi connectivity index (χ0) is 27.5. The molecule has 2 rings (SSSR count). The molecule has 0 aliphatic carbocycles. The number of carbonyl (C=O) groups is 4. The smallest absolute Gasteiger partial charge is 0.326 e. The number of phenols is 2. The van der Waals surface area contributed by atoms with Gasteiger partial charge in [0.25, 0.3) is 0 Å². The SMILES string of the molecule is NC(CO)C(=O)NC(Cc1ccc(O)cc1)C(=O)NC(CO)C(=O)NC(Cc1ccc(O)cc1)C(=O)O. The third-order valence-electron chi connectivity index (χ3n) is 5.35. The number of hydrogen-bond acceptors (Lipinski definition) is 9. The Hall–Kier alpha value is -4.20. The molecule has 13 heteroatoms. The lowest BCUT2D eigenvalue weighted by Crippen LogP contribution is -2.59. The van der Waals surface area contributed by atoms with Crippen molar-refractivity contribution in [3.63, 3.8) is 0 Å². The molecule has 2 aromatic rings. The van der Waals surface area contributed by atoms with Crippen LogP contribution in [0.25, 0.3) is 0 Å². The van der Waals surface area contributed by atoms with Crippen LogP contribution in [0.2, 0.25) is 0 Å². The topological polar surface area (TPSA) is 232 Å². The summed E-state index contributed by atoms with van der Waals surface area (Å²) in [5.41, 5.74) is 6.54. The second-order valence-electron chi connectivity index (χ2n) is 8.23. The van der Waals surface area contributed by atoms with Crippen molar-refractivity contribution in [1.82, 2.24) is 16.0 Å². The van der Waals surface area contributed by atoms with Gasteiger partial charge in [0.05, 0.1) is 13.2 Å². The first-order valence-electron chi connectivity index (χ1n) is 11.2. The molecule has 0 heterocycles. The van der Waals surface area contributed by atoms with E-state index in [0.29, 0.717) is 11.1 Å². The van der Waals surface area contributed by atoms with E-state index in [9.17, 15) is 39.6 Å². The number of hydrogen-bond donors (Lipinski definition) is 9. The molecule has 2 aromatic carbocycles. The molecule has 200 valence electrons. The van der Waals surface area contributed by atoms with Crippen molar-refractivity contribution in [3.8, 4) is 11.5 Å². The molecule has 0 fully saturated rings. The summed E-state index contributed by atoms with van der Waals surface area (Å²) in [6.45, 7) is -1.56. The molecule has 0 aliphatic heterocycles. The van der Waals surface area contributed by atoms with E-state index in [0.717, 1.165) is 0 Å². The van der Waals surface area contributed by atoms with Gasteiger partial charge in [-0.1, -0.05) is 24.3 Å². The molecule has 0 bridgehead atoms. The highest BCUT2D eigenvalue weighted by Crippen LogP contribution is 2.13. The van der Waals surface area contributed by atoms with Crippen LogP contribution in [-0.2, 0) is 32.0 Å². The molecule has 13 nitrogen and oxygen atoms in total. The summed E-state index contributed by atoms with van der Waals surface area (Å²) in [6.07, 6.45) is -0.222. The Bertz CT molecular complexity index is 1080. The van der Waals surface area contributed by atoms with E-state index in [4.69, 9.17) is 10.8 Å². The van der Waals surface area contributed by atoms with Gasteiger partial charge in [0.2, 0.25) is 17.7 Å². The number of amides is 3. The third-order valence-corrected chi connectivity index (χ3v) is 5.35. The minimum atomic E-state index is -1.56. The van der Waals surface area contributed by atoms with Gasteiger partial charge >= 0.3 is 5.97 Å². The van der Waals surface area contributed by atoms with Crippen molar-refractivity contribution in [3.05, 3.63) is 59.7 Å². The van der Waals surface area contributed by atoms with Crippen LogP contribution in [-0.4, -0.2) is 86.6 Å². The summed E-state index contributed by atoms with van der Waals surface area (Å²) in [6, 6.07) is 5.87. The van der Waals surface area contributed by atoms with Crippen LogP contribution < -0.4 is 21.7 Å². The van der Waals surface area contributed by atoms with E-state index in [1.165, 1.54) is 48.5 Å². The van der Waals surface area contributed by atoms with Crippen molar-refractivity contribution in [2.24, 2.45) is 5.73 Å². The van der Waals surface area contributed by atoms with Gasteiger partial charge in [-0.05, 0) is 35.4 Å². The van der Waals surface area contributed by atoms with Gasteiger partial charge in [-0.25, -0.2) is 4.79 Å². The van der Waals surface area contributed by atoms with Crippen molar-refractivity contribution in [1.29, 1.82) is 0 Å². The predicted octanol–water partition coefficient (Wildman–Crippen LogP) is -2.27. The van der Waals surface area contributed by atoms with E-state index in [-0.39, 0.29) is 24.3 Å². The average Bonchev–Trinajstić information content (AvgIpc) is 2.87. The van der Waals surface area contributed by atoms with Gasteiger partial charge in [-0.3, -0.25) is 14.4 Å². The van der Waals surface area contributed by atoms with E-state index in [1.54, 1.807) is 0 Å². The maximum Gasteiger partial charge on any atom is 0.326 e. The Morgan fingerprint density at radius 3 is 1.49 bits per heavy atom. The lowest BCUT2D eigenvalue weighted by Gasteiger charge is -2.24. The fourth-order valence-electron chi connectivity index (χ4n) is 3.25. The zero-order valence-corrected chi connectivity index (χ0v) is 19.7. The summed E-state index contributed by atoms with van der Waals surface area (Å²) in [7, 11) is 0. The number of aliphatic carboxylic acids is 1. The number of nitrogens with two attached hydrogens (primary N) is 1. The van der Waals surface area contributed by atoms with Crippen LogP contribution in [0.5, 0.6) is 11.5 Å². The number of rotatable bonds is 13. The Morgan fingerprint density at radius 1 is 0.649 bits per heavy atom. The van der Waals surface area contributed by atoms with E-state index in [1.807, 2.05) is 0 Å². The number of carboxylic acids is 1. The minimum absolute atomic E-state index is 0.0170. The Labute approximate surface area is 211 Å². The molecule has 0 aliphatic rings. The van der Waals surface area contributed by atoms with Crippen LogP contribution in [0.4, 0.5) is 0 Å². The molecule has 3 amide bonds. The van der Waals surface area contributed by atoms with E-state index < -0.39 is 61.1 Å². The second-order valence-corrected chi connectivity index (χ2v) is 8.23. The summed E-state index contributed by atoms with van der Waals surface area (Å²) in [4.78, 5) is 49.6. The van der Waals surface area contributed by atoms with Crippen molar-refractivity contribution in [2.75, 3.05) is 13.2 Å². The highest BCUT2D eigenvalue weighted by atomic mass is 16.4. The quantitative estimate of drug-likeness (QED) is 0.138. The highest BCUT2D eigenvalue weighted by molar-refractivity contribution is 5.94. The molecule has 4 atom stereocenters. The fourth-order valence-corrected chi connectivity index (χ4v) is 3.25. The lowest BCUT2D eigenvalue weighted by molar-refractivity contribution is -0.142. The number of aliphatic hydroxyl groups excluding tert-OH is 2. The van der Waals surface area contributed by atoms with Crippen LogP contribution in [0.1, 0.15) is 11.1 Å². The molecule has 0 radical (unpaired) electrons. The number of phenolic OH excluding ortho intramolecular Hbond substituents is 2.